The van der Waals surface area contributed by atoms with E-state index in [9.17, 15) is 9.90 Å². The number of phenolic OH excluding ortho intramolecular Hbond substituents is 1. The highest BCUT2D eigenvalue weighted by Gasteiger charge is 2.29. The van der Waals surface area contributed by atoms with Crippen LogP contribution in [0.15, 0.2) is 24.3 Å². The first-order valence-corrected chi connectivity index (χ1v) is 6.65. The van der Waals surface area contributed by atoms with Crippen molar-refractivity contribution in [3.63, 3.8) is 0 Å². The maximum absolute atomic E-state index is 12.3. The second-order valence-electron chi connectivity index (χ2n) is 5.57. The summed E-state index contributed by atoms with van der Waals surface area (Å²) >= 11 is 0. The van der Waals surface area contributed by atoms with Crippen molar-refractivity contribution in [2.75, 3.05) is 26.3 Å². The van der Waals surface area contributed by atoms with Crippen LogP contribution < -0.4 is 0 Å². The molecular weight excluding hydrogens is 242 g/mol. The summed E-state index contributed by atoms with van der Waals surface area (Å²) < 4.78 is 5.25. The number of hydrogen-bond donors (Lipinski definition) is 1. The Balaban J connectivity index is 2.08. The monoisotopic (exact) mass is 263 g/mol. The van der Waals surface area contributed by atoms with Crippen molar-refractivity contribution in [3.8, 4) is 5.75 Å². The van der Waals surface area contributed by atoms with Crippen LogP contribution in [0, 0.1) is 0 Å². The van der Waals surface area contributed by atoms with Crippen LogP contribution in [0.1, 0.15) is 25.8 Å². The first-order valence-electron chi connectivity index (χ1n) is 6.65. The Kier molecular flexibility index (Phi) is 4.10. The molecule has 0 bridgehead atoms. The number of phenols is 1. The molecule has 0 radical (unpaired) electrons. The first-order chi connectivity index (χ1) is 9.00. The lowest BCUT2D eigenvalue weighted by Crippen LogP contribution is -2.42. The van der Waals surface area contributed by atoms with Crippen molar-refractivity contribution < 1.29 is 14.6 Å². The Morgan fingerprint density at radius 2 is 1.95 bits per heavy atom. The van der Waals surface area contributed by atoms with Crippen molar-refractivity contribution in [1.82, 2.24) is 4.90 Å². The van der Waals surface area contributed by atoms with Gasteiger partial charge in [-0.2, -0.15) is 0 Å². The summed E-state index contributed by atoms with van der Waals surface area (Å²) in [5.74, 6) is 0.374. The predicted octanol–water partition coefficient (Wildman–Crippen LogP) is 1.92. The number of morpholine rings is 1. The number of rotatable bonds is 3. The summed E-state index contributed by atoms with van der Waals surface area (Å²) in [4.78, 5) is 14.1. The van der Waals surface area contributed by atoms with E-state index < -0.39 is 0 Å². The van der Waals surface area contributed by atoms with E-state index in [0.717, 1.165) is 5.56 Å². The van der Waals surface area contributed by atoms with Crippen molar-refractivity contribution >= 4 is 5.91 Å². The van der Waals surface area contributed by atoms with E-state index in [1.165, 1.54) is 0 Å². The van der Waals surface area contributed by atoms with Crippen molar-refractivity contribution in [1.29, 1.82) is 0 Å². The van der Waals surface area contributed by atoms with Gasteiger partial charge in [0.2, 0.25) is 5.91 Å². The molecule has 1 fully saturated rings. The highest BCUT2D eigenvalue weighted by molar-refractivity contribution is 5.78. The fourth-order valence-corrected chi connectivity index (χ4v) is 2.44. The first kappa shape index (κ1) is 13.9. The molecule has 1 aliphatic heterocycles. The van der Waals surface area contributed by atoms with Crippen LogP contribution in [0.2, 0.25) is 0 Å². The zero-order valence-corrected chi connectivity index (χ0v) is 11.6. The van der Waals surface area contributed by atoms with Gasteiger partial charge in [-0.3, -0.25) is 4.79 Å². The van der Waals surface area contributed by atoms with Gasteiger partial charge in [-0.1, -0.05) is 32.0 Å². The topological polar surface area (TPSA) is 49.8 Å². The molecule has 1 aromatic carbocycles. The van der Waals surface area contributed by atoms with E-state index in [1.807, 2.05) is 30.9 Å². The predicted molar refractivity (Wildman–Crippen MR) is 73.1 cm³/mol. The average molecular weight is 263 g/mol. The van der Waals surface area contributed by atoms with Crippen LogP contribution in [0.5, 0.6) is 5.75 Å². The number of aromatic hydroxyl groups is 1. The highest BCUT2D eigenvalue weighted by Crippen LogP contribution is 2.33. The summed E-state index contributed by atoms with van der Waals surface area (Å²) in [5.41, 5.74) is 0.442. The maximum Gasteiger partial charge on any atom is 0.223 e. The van der Waals surface area contributed by atoms with Gasteiger partial charge >= 0.3 is 0 Å². The molecule has 1 aliphatic rings. The van der Waals surface area contributed by atoms with Gasteiger partial charge < -0.3 is 14.7 Å². The Bertz CT molecular complexity index is 450. The maximum atomic E-state index is 12.3. The van der Waals surface area contributed by atoms with Gasteiger partial charge in [-0.25, -0.2) is 0 Å². The van der Waals surface area contributed by atoms with E-state index in [4.69, 9.17) is 4.74 Å². The average Bonchev–Trinajstić information content (AvgIpc) is 2.39. The van der Waals surface area contributed by atoms with Gasteiger partial charge in [0.05, 0.1) is 13.2 Å². The number of nitrogens with zero attached hydrogens (tertiary/aromatic N) is 1. The standard InChI is InChI=1S/C15H21NO3/c1-15(2,12-5-3-4-6-13(12)17)11-14(18)16-7-9-19-10-8-16/h3-6,17H,7-11H2,1-2H3. The number of ether oxygens (including phenoxy) is 1. The fraction of sp³-hybridized carbons (Fsp3) is 0.533. The minimum Gasteiger partial charge on any atom is -0.508 e. The minimum absolute atomic E-state index is 0.122. The highest BCUT2D eigenvalue weighted by atomic mass is 16.5. The Morgan fingerprint density at radius 1 is 1.32 bits per heavy atom. The van der Waals surface area contributed by atoms with Gasteiger partial charge in [0.1, 0.15) is 5.75 Å². The molecule has 1 aromatic rings. The Morgan fingerprint density at radius 3 is 2.58 bits per heavy atom. The lowest BCUT2D eigenvalue weighted by molar-refractivity contribution is -0.136. The smallest absolute Gasteiger partial charge is 0.223 e. The molecule has 0 atom stereocenters. The number of hydrogen-bond acceptors (Lipinski definition) is 3. The zero-order chi connectivity index (χ0) is 13.9. The second-order valence-corrected chi connectivity index (χ2v) is 5.57. The summed E-state index contributed by atoms with van der Waals surface area (Å²) in [6.45, 7) is 6.53. The molecule has 0 saturated carbocycles. The van der Waals surface area contributed by atoms with Crippen LogP contribution >= 0.6 is 0 Å². The second kappa shape index (κ2) is 5.61. The van der Waals surface area contributed by atoms with Crippen LogP contribution in [0.3, 0.4) is 0 Å². The van der Waals surface area contributed by atoms with Crippen LogP contribution in [-0.2, 0) is 14.9 Å². The van der Waals surface area contributed by atoms with Gasteiger partial charge in [0.15, 0.2) is 0 Å². The third-order valence-electron chi connectivity index (χ3n) is 3.59. The normalized spacial score (nSPS) is 16.4. The largest absolute Gasteiger partial charge is 0.508 e. The quantitative estimate of drug-likeness (QED) is 0.906. The van der Waals surface area contributed by atoms with E-state index >= 15 is 0 Å². The number of amides is 1. The lowest BCUT2D eigenvalue weighted by atomic mass is 9.80. The zero-order valence-electron chi connectivity index (χ0n) is 11.6. The number of benzene rings is 1. The van der Waals surface area contributed by atoms with Gasteiger partial charge in [0.25, 0.3) is 0 Å². The number of carbonyl (C=O) groups is 1. The third-order valence-corrected chi connectivity index (χ3v) is 3.59. The summed E-state index contributed by atoms with van der Waals surface area (Å²) in [6, 6.07) is 7.22. The molecule has 104 valence electrons. The molecular formula is C15H21NO3. The molecule has 0 unspecified atom stereocenters. The van der Waals surface area contributed by atoms with Gasteiger partial charge in [-0.15, -0.1) is 0 Å². The summed E-state index contributed by atoms with van der Waals surface area (Å²) in [5, 5.41) is 9.92. The van der Waals surface area contributed by atoms with Gasteiger partial charge in [0, 0.05) is 24.9 Å². The van der Waals surface area contributed by atoms with Crippen molar-refractivity contribution in [2.45, 2.75) is 25.7 Å². The molecule has 1 N–H and O–H groups in total. The molecule has 4 heteroatoms. The van der Waals surface area contributed by atoms with E-state index in [2.05, 4.69) is 0 Å². The van der Waals surface area contributed by atoms with E-state index in [-0.39, 0.29) is 17.1 Å². The number of para-hydroxylation sites is 1. The molecule has 0 aliphatic carbocycles. The minimum atomic E-state index is -0.374. The third kappa shape index (κ3) is 3.26. The summed E-state index contributed by atoms with van der Waals surface area (Å²) in [6.07, 6.45) is 0.393. The Hall–Kier alpha value is -1.55. The lowest BCUT2D eigenvalue weighted by Gasteiger charge is -2.31. The van der Waals surface area contributed by atoms with Crippen molar-refractivity contribution in [3.05, 3.63) is 29.8 Å². The molecule has 1 amide bonds. The van der Waals surface area contributed by atoms with E-state index in [1.54, 1.807) is 12.1 Å². The molecule has 4 nitrogen and oxygen atoms in total. The van der Waals surface area contributed by atoms with Crippen LogP contribution in [0.25, 0.3) is 0 Å². The van der Waals surface area contributed by atoms with Gasteiger partial charge in [-0.05, 0) is 11.6 Å². The Labute approximate surface area is 114 Å². The molecule has 2 rings (SSSR count). The SMILES string of the molecule is CC(C)(CC(=O)N1CCOCC1)c1ccccc1O. The summed E-state index contributed by atoms with van der Waals surface area (Å²) in [7, 11) is 0. The molecule has 1 heterocycles. The van der Waals surface area contributed by atoms with Crippen molar-refractivity contribution in [2.24, 2.45) is 0 Å². The van der Waals surface area contributed by atoms with Crippen LogP contribution in [-0.4, -0.2) is 42.2 Å². The van der Waals surface area contributed by atoms with Crippen LogP contribution in [0.4, 0.5) is 0 Å². The fourth-order valence-electron chi connectivity index (χ4n) is 2.44. The van der Waals surface area contributed by atoms with E-state index in [0.29, 0.717) is 32.7 Å². The molecule has 0 spiro atoms. The number of carbonyl (C=O) groups excluding carboxylic acids is 1. The molecule has 0 aromatic heterocycles. The molecule has 1 saturated heterocycles. The molecule has 19 heavy (non-hydrogen) atoms.